The van der Waals surface area contributed by atoms with Crippen molar-refractivity contribution in [3.05, 3.63) is 81.6 Å². The molecule has 31 heavy (non-hydrogen) atoms. The molecule has 3 aromatic rings. The molecule has 7 heteroatoms. The fourth-order valence-electron chi connectivity index (χ4n) is 3.18. The van der Waals surface area contributed by atoms with E-state index in [9.17, 15) is 9.59 Å². The number of hydrogen-bond acceptors (Lipinski definition) is 3. The van der Waals surface area contributed by atoms with Crippen LogP contribution in [0.4, 0.5) is 5.69 Å². The first-order valence-corrected chi connectivity index (χ1v) is 10.8. The van der Waals surface area contributed by atoms with Gasteiger partial charge in [0.2, 0.25) is 11.8 Å². The Balaban J connectivity index is 1.54. The molecule has 160 valence electrons. The SMILES string of the molecule is Cc1ccc(Br)cc1NC(=O)CCNC(=O)/C=C/c1c(C)nn(-c2ccccc2)c1C. The van der Waals surface area contributed by atoms with Crippen molar-refractivity contribution in [2.45, 2.75) is 27.2 Å². The molecule has 3 rings (SSSR count). The molecule has 1 heterocycles. The summed E-state index contributed by atoms with van der Waals surface area (Å²) >= 11 is 3.40. The lowest BCUT2D eigenvalue weighted by Gasteiger charge is -2.09. The second-order valence-corrected chi connectivity index (χ2v) is 8.13. The minimum absolute atomic E-state index is 0.152. The third-order valence-corrected chi connectivity index (χ3v) is 5.37. The van der Waals surface area contributed by atoms with E-state index in [0.717, 1.165) is 38.4 Å². The number of aromatic nitrogens is 2. The number of para-hydroxylation sites is 1. The highest BCUT2D eigenvalue weighted by molar-refractivity contribution is 9.10. The van der Waals surface area contributed by atoms with Crippen LogP contribution in [-0.2, 0) is 9.59 Å². The highest BCUT2D eigenvalue weighted by Gasteiger charge is 2.11. The lowest BCUT2D eigenvalue weighted by Crippen LogP contribution is -2.26. The summed E-state index contributed by atoms with van der Waals surface area (Å²) in [6, 6.07) is 15.6. The van der Waals surface area contributed by atoms with Crippen molar-refractivity contribution in [2.75, 3.05) is 11.9 Å². The van der Waals surface area contributed by atoms with Gasteiger partial charge in [0.25, 0.3) is 0 Å². The van der Waals surface area contributed by atoms with Crippen molar-refractivity contribution in [3.63, 3.8) is 0 Å². The summed E-state index contributed by atoms with van der Waals surface area (Å²) in [6.07, 6.45) is 3.43. The Morgan fingerprint density at radius 3 is 2.58 bits per heavy atom. The Morgan fingerprint density at radius 1 is 1.10 bits per heavy atom. The molecule has 0 saturated heterocycles. The molecule has 0 unspecified atom stereocenters. The Bertz CT molecular complexity index is 1120. The third-order valence-electron chi connectivity index (χ3n) is 4.87. The van der Waals surface area contributed by atoms with Crippen LogP contribution < -0.4 is 10.6 Å². The molecule has 0 saturated carbocycles. The lowest BCUT2D eigenvalue weighted by atomic mass is 10.2. The van der Waals surface area contributed by atoms with Crippen LogP contribution in [0.15, 0.2) is 59.1 Å². The number of nitrogens with zero attached hydrogens (tertiary/aromatic N) is 2. The Labute approximate surface area is 190 Å². The number of rotatable bonds is 7. The van der Waals surface area contributed by atoms with Gasteiger partial charge in [0.1, 0.15) is 0 Å². The zero-order valence-electron chi connectivity index (χ0n) is 17.8. The molecule has 0 atom stereocenters. The maximum atomic E-state index is 12.2. The van der Waals surface area contributed by atoms with Gasteiger partial charge in [0.15, 0.2) is 0 Å². The number of carbonyl (C=O) groups excluding carboxylic acids is 2. The van der Waals surface area contributed by atoms with Crippen molar-refractivity contribution < 1.29 is 9.59 Å². The molecule has 6 nitrogen and oxygen atoms in total. The van der Waals surface area contributed by atoms with E-state index in [1.54, 1.807) is 6.08 Å². The van der Waals surface area contributed by atoms with E-state index in [1.807, 2.05) is 74.0 Å². The van der Waals surface area contributed by atoms with E-state index in [4.69, 9.17) is 0 Å². The van der Waals surface area contributed by atoms with Crippen molar-refractivity contribution >= 4 is 39.5 Å². The van der Waals surface area contributed by atoms with Gasteiger partial charge in [-0.05, 0) is 56.7 Å². The van der Waals surface area contributed by atoms with Crippen LogP contribution in [0.1, 0.15) is 28.9 Å². The molecule has 0 radical (unpaired) electrons. The van der Waals surface area contributed by atoms with Crippen LogP contribution >= 0.6 is 15.9 Å². The maximum Gasteiger partial charge on any atom is 0.244 e. The molecular weight excluding hydrogens is 456 g/mol. The predicted molar refractivity (Wildman–Crippen MR) is 127 cm³/mol. The number of benzene rings is 2. The first-order chi connectivity index (χ1) is 14.8. The number of hydrogen-bond donors (Lipinski definition) is 2. The van der Waals surface area contributed by atoms with Gasteiger partial charge in [-0.3, -0.25) is 9.59 Å². The molecule has 0 aliphatic carbocycles. The summed E-state index contributed by atoms with van der Waals surface area (Å²) in [5.41, 5.74) is 5.41. The number of carbonyl (C=O) groups is 2. The summed E-state index contributed by atoms with van der Waals surface area (Å²) in [6.45, 7) is 6.07. The van der Waals surface area contributed by atoms with E-state index >= 15 is 0 Å². The molecule has 2 aromatic carbocycles. The van der Waals surface area contributed by atoms with Gasteiger partial charge in [-0.15, -0.1) is 0 Å². The Hall–Kier alpha value is -3.19. The van der Waals surface area contributed by atoms with Gasteiger partial charge in [0, 0.05) is 40.5 Å². The highest BCUT2D eigenvalue weighted by Crippen LogP contribution is 2.21. The highest BCUT2D eigenvalue weighted by atomic mass is 79.9. The van der Waals surface area contributed by atoms with Crippen LogP contribution in [0, 0.1) is 20.8 Å². The summed E-state index contributed by atoms with van der Waals surface area (Å²) in [4.78, 5) is 24.3. The van der Waals surface area contributed by atoms with Gasteiger partial charge in [-0.2, -0.15) is 5.10 Å². The van der Waals surface area contributed by atoms with E-state index in [2.05, 4.69) is 31.7 Å². The minimum Gasteiger partial charge on any atom is -0.352 e. The molecule has 2 amide bonds. The molecule has 2 N–H and O–H groups in total. The Morgan fingerprint density at radius 2 is 1.84 bits per heavy atom. The van der Waals surface area contributed by atoms with Gasteiger partial charge in [-0.25, -0.2) is 4.68 Å². The molecule has 0 bridgehead atoms. The normalized spacial score (nSPS) is 11.0. The van der Waals surface area contributed by atoms with E-state index in [1.165, 1.54) is 6.08 Å². The number of amides is 2. The predicted octanol–water partition coefficient (Wildman–Crippen LogP) is 4.72. The van der Waals surface area contributed by atoms with Crippen molar-refractivity contribution in [3.8, 4) is 5.69 Å². The summed E-state index contributed by atoms with van der Waals surface area (Å²) < 4.78 is 2.76. The number of anilines is 1. The van der Waals surface area contributed by atoms with Crippen LogP contribution in [-0.4, -0.2) is 28.1 Å². The molecule has 0 spiro atoms. The fraction of sp³-hybridized carbons (Fsp3) is 0.208. The average molecular weight is 481 g/mol. The number of halogens is 1. The van der Waals surface area contributed by atoms with Gasteiger partial charge in [-0.1, -0.05) is 40.2 Å². The van der Waals surface area contributed by atoms with Gasteiger partial charge < -0.3 is 10.6 Å². The van der Waals surface area contributed by atoms with Crippen molar-refractivity contribution in [2.24, 2.45) is 0 Å². The topological polar surface area (TPSA) is 76.0 Å². The molecule has 0 aliphatic rings. The van der Waals surface area contributed by atoms with Crippen molar-refractivity contribution in [1.82, 2.24) is 15.1 Å². The van der Waals surface area contributed by atoms with Crippen LogP contribution in [0.25, 0.3) is 11.8 Å². The standard InChI is InChI=1S/C24H25BrN4O2/c1-16-9-10-19(25)15-22(16)27-24(31)13-14-26-23(30)12-11-21-17(2)28-29(18(21)3)20-7-5-4-6-8-20/h4-12,15H,13-14H2,1-3H3,(H,26,30)(H,27,31)/b12-11+. The Kier molecular flexibility index (Phi) is 7.41. The fourth-order valence-corrected chi connectivity index (χ4v) is 3.54. The summed E-state index contributed by atoms with van der Waals surface area (Å²) in [5.74, 6) is -0.404. The average Bonchev–Trinajstić information content (AvgIpc) is 3.03. The number of nitrogens with one attached hydrogen (secondary N) is 2. The number of aryl methyl sites for hydroxylation is 2. The molecule has 1 aromatic heterocycles. The summed E-state index contributed by atoms with van der Waals surface area (Å²) in [7, 11) is 0. The van der Waals surface area contributed by atoms with Crippen LogP contribution in [0.3, 0.4) is 0 Å². The third kappa shape index (κ3) is 5.92. The van der Waals surface area contributed by atoms with Gasteiger partial charge in [0.05, 0.1) is 11.4 Å². The van der Waals surface area contributed by atoms with E-state index in [0.29, 0.717) is 0 Å². The van der Waals surface area contributed by atoms with Crippen LogP contribution in [0.5, 0.6) is 0 Å². The zero-order chi connectivity index (χ0) is 22.4. The first kappa shape index (κ1) is 22.5. The van der Waals surface area contributed by atoms with E-state index < -0.39 is 0 Å². The van der Waals surface area contributed by atoms with Crippen molar-refractivity contribution in [1.29, 1.82) is 0 Å². The summed E-state index contributed by atoms with van der Waals surface area (Å²) in [5, 5.41) is 10.2. The second kappa shape index (κ2) is 10.2. The van der Waals surface area contributed by atoms with Crippen LogP contribution in [0.2, 0.25) is 0 Å². The quantitative estimate of drug-likeness (QED) is 0.480. The monoisotopic (exact) mass is 480 g/mol. The second-order valence-electron chi connectivity index (χ2n) is 7.21. The smallest absolute Gasteiger partial charge is 0.244 e. The largest absolute Gasteiger partial charge is 0.352 e. The van der Waals surface area contributed by atoms with Gasteiger partial charge >= 0.3 is 0 Å². The molecular formula is C24H25BrN4O2. The minimum atomic E-state index is -0.252. The zero-order valence-corrected chi connectivity index (χ0v) is 19.4. The molecule has 0 fully saturated rings. The lowest BCUT2D eigenvalue weighted by molar-refractivity contribution is -0.117. The molecule has 0 aliphatic heterocycles. The maximum absolute atomic E-state index is 12.2. The van der Waals surface area contributed by atoms with E-state index in [-0.39, 0.29) is 24.8 Å². The first-order valence-electron chi connectivity index (χ1n) is 9.98.